The molecule has 1 unspecified atom stereocenters. The van der Waals surface area contributed by atoms with Crippen molar-refractivity contribution in [1.82, 2.24) is 0 Å². The lowest BCUT2D eigenvalue weighted by Crippen LogP contribution is -3.13. The molecule has 0 radical (unpaired) electrons. The third kappa shape index (κ3) is 5.67. The number of amides is 2. The van der Waals surface area contributed by atoms with Gasteiger partial charge in [-0.25, -0.2) is 0 Å². The molecule has 10 heteroatoms. The Labute approximate surface area is 172 Å². The molecule has 3 rings (SSSR count). The van der Waals surface area contributed by atoms with Crippen molar-refractivity contribution < 1.29 is 28.9 Å². The van der Waals surface area contributed by atoms with Gasteiger partial charge >= 0.3 is 0 Å². The normalized spacial score (nSPS) is 13.2. The average molecular weight is 415 g/mol. The second-order valence-electron chi connectivity index (χ2n) is 6.72. The van der Waals surface area contributed by atoms with Crippen LogP contribution in [0.25, 0.3) is 0 Å². The van der Waals surface area contributed by atoms with Crippen molar-refractivity contribution in [3.05, 3.63) is 52.6 Å². The fourth-order valence-corrected chi connectivity index (χ4v) is 3.00. The first-order chi connectivity index (χ1) is 14.4. The molecule has 0 spiro atoms. The maximum atomic E-state index is 12.4. The fourth-order valence-electron chi connectivity index (χ4n) is 3.00. The molecule has 1 heterocycles. The van der Waals surface area contributed by atoms with Gasteiger partial charge in [-0.05, 0) is 25.1 Å². The quantitative estimate of drug-likeness (QED) is 0.434. The van der Waals surface area contributed by atoms with Crippen LogP contribution in [0.4, 0.5) is 17.1 Å². The van der Waals surface area contributed by atoms with Crippen LogP contribution in [-0.2, 0) is 9.59 Å². The van der Waals surface area contributed by atoms with Crippen LogP contribution in [0.3, 0.4) is 0 Å². The lowest BCUT2D eigenvalue weighted by Gasteiger charge is -2.19. The number of non-ortho nitro benzene ring substituents is 1. The summed E-state index contributed by atoms with van der Waals surface area (Å²) in [6, 6.07) is 10.9. The highest BCUT2D eigenvalue weighted by Crippen LogP contribution is 2.32. The summed E-state index contributed by atoms with van der Waals surface area (Å²) in [5, 5.41) is 16.3. The van der Waals surface area contributed by atoms with E-state index in [-0.39, 0.29) is 30.6 Å². The Kier molecular flexibility index (Phi) is 6.81. The molecule has 1 aliphatic heterocycles. The average Bonchev–Trinajstić information content (AvgIpc) is 2.73. The SMILES string of the molecule is CC[NH+](CC(=O)Nc1cccc([N+](=O)[O-])c1)CC(=O)Nc1ccc2c(c1)OCCO2. The van der Waals surface area contributed by atoms with E-state index >= 15 is 0 Å². The summed E-state index contributed by atoms with van der Waals surface area (Å²) >= 11 is 0. The number of fused-ring (bicyclic) bond motifs is 1. The third-order valence-corrected chi connectivity index (χ3v) is 4.49. The first-order valence-electron chi connectivity index (χ1n) is 9.52. The number of benzene rings is 2. The van der Waals surface area contributed by atoms with Gasteiger partial charge in [0.2, 0.25) is 0 Å². The minimum Gasteiger partial charge on any atom is -0.486 e. The number of quaternary nitrogens is 1. The minimum absolute atomic E-state index is 0.0494. The van der Waals surface area contributed by atoms with Gasteiger partial charge in [-0.15, -0.1) is 0 Å². The number of nitrogens with one attached hydrogen (secondary N) is 3. The minimum atomic E-state index is -0.526. The number of ether oxygens (including phenoxy) is 2. The number of nitro benzene ring substituents is 1. The number of likely N-dealkylation sites (N-methyl/N-ethyl adjacent to an activating group) is 1. The number of nitro groups is 1. The van der Waals surface area contributed by atoms with Crippen LogP contribution < -0.4 is 25.0 Å². The molecule has 0 aliphatic carbocycles. The van der Waals surface area contributed by atoms with E-state index in [9.17, 15) is 19.7 Å². The van der Waals surface area contributed by atoms with Gasteiger partial charge in [0.15, 0.2) is 24.6 Å². The zero-order valence-corrected chi connectivity index (χ0v) is 16.5. The van der Waals surface area contributed by atoms with E-state index in [1.807, 2.05) is 6.92 Å². The Hall–Kier alpha value is -3.66. The predicted octanol–water partition coefficient (Wildman–Crippen LogP) is 0.848. The zero-order chi connectivity index (χ0) is 21.5. The lowest BCUT2D eigenvalue weighted by atomic mass is 10.2. The van der Waals surface area contributed by atoms with E-state index in [1.54, 1.807) is 24.3 Å². The molecule has 2 aromatic rings. The van der Waals surface area contributed by atoms with Crippen molar-refractivity contribution >= 4 is 28.9 Å². The first-order valence-corrected chi connectivity index (χ1v) is 9.52. The Morgan fingerprint density at radius 1 is 1.00 bits per heavy atom. The molecule has 1 aliphatic rings. The van der Waals surface area contributed by atoms with Gasteiger partial charge in [0.1, 0.15) is 13.2 Å². The van der Waals surface area contributed by atoms with Gasteiger partial charge in [-0.3, -0.25) is 19.7 Å². The van der Waals surface area contributed by atoms with Crippen LogP contribution >= 0.6 is 0 Å². The summed E-state index contributed by atoms with van der Waals surface area (Å²) in [6.45, 7) is 3.51. The van der Waals surface area contributed by atoms with Crippen molar-refractivity contribution in [2.75, 3.05) is 43.5 Å². The van der Waals surface area contributed by atoms with Crippen molar-refractivity contribution in [2.45, 2.75) is 6.92 Å². The topological polar surface area (TPSA) is 124 Å². The molecular weight excluding hydrogens is 392 g/mol. The van der Waals surface area contributed by atoms with E-state index in [0.29, 0.717) is 42.6 Å². The summed E-state index contributed by atoms with van der Waals surface area (Å²) in [5.41, 5.74) is 0.817. The third-order valence-electron chi connectivity index (χ3n) is 4.49. The van der Waals surface area contributed by atoms with Crippen molar-refractivity contribution in [2.24, 2.45) is 0 Å². The second-order valence-corrected chi connectivity index (χ2v) is 6.72. The number of nitrogens with zero attached hydrogens (tertiary/aromatic N) is 1. The van der Waals surface area contributed by atoms with Crippen LogP contribution in [0.2, 0.25) is 0 Å². The van der Waals surface area contributed by atoms with E-state index in [4.69, 9.17) is 9.47 Å². The second kappa shape index (κ2) is 9.70. The van der Waals surface area contributed by atoms with Crippen molar-refractivity contribution in [3.8, 4) is 11.5 Å². The van der Waals surface area contributed by atoms with E-state index in [1.165, 1.54) is 18.2 Å². The molecule has 0 fully saturated rings. The monoisotopic (exact) mass is 415 g/mol. The van der Waals surface area contributed by atoms with Gasteiger partial charge in [-0.1, -0.05) is 6.07 Å². The molecule has 10 nitrogen and oxygen atoms in total. The molecule has 2 amide bonds. The van der Waals surface area contributed by atoms with Gasteiger partial charge in [0.25, 0.3) is 17.5 Å². The van der Waals surface area contributed by atoms with E-state index in [2.05, 4.69) is 10.6 Å². The number of anilines is 2. The van der Waals surface area contributed by atoms with Crippen LogP contribution in [0.1, 0.15) is 6.92 Å². The molecule has 30 heavy (non-hydrogen) atoms. The van der Waals surface area contributed by atoms with Crippen LogP contribution in [0, 0.1) is 10.1 Å². The van der Waals surface area contributed by atoms with Gasteiger partial charge in [0.05, 0.1) is 11.5 Å². The maximum Gasteiger partial charge on any atom is 0.279 e. The number of carbonyl (C=O) groups is 2. The zero-order valence-electron chi connectivity index (χ0n) is 16.5. The predicted molar refractivity (Wildman–Crippen MR) is 109 cm³/mol. The Balaban J connectivity index is 1.53. The van der Waals surface area contributed by atoms with Gasteiger partial charge in [0, 0.05) is 29.6 Å². The van der Waals surface area contributed by atoms with Gasteiger partial charge < -0.3 is 25.0 Å². The lowest BCUT2D eigenvalue weighted by molar-refractivity contribution is -0.881. The molecule has 0 saturated carbocycles. The molecule has 158 valence electrons. The summed E-state index contributed by atoms with van der Waals surface area (Å²) in [7, 11) is 0. The largest absolute Gasteiger partial charge is 0.486 e. The summed E-state index contributed by atoms with van der Waals surface area (Å²) < 4.78 is 11.0. The number of hydrogen-bond donors (Lipinski definition) is 3. The van der Waals surface area contributed by atoms with Gasteiger partial charge in [-0.2, -0.15) is 0 Å². The van der Waals surface area contributed by atoms with Crippen molar-refractivity contribution in [1.29, 1.82) is 0 Å². The number of hydrogen-bond acceptors (Lipinski definition) is 6. The maximum absolute atomic E-state index is 12.4. The Bertz CT molecular complexity index is 949. The number of rotatable bonds is 8. The van der Waals surface area contributed by atoms with Crippen LogP contribution in [0.5, 0.6) is 11.5 Å². The molecule has 0 aromatic heterocycles. The molecule has 3 N–H and O–H groups in total. The van der Waals surface area contributed by atoms with Crippen LogP contribution in [-0.4, -0.2) is 49.6 Å². The van der Waals surface area contributed by atoms with Crippen molar-refractivity contribution in [3.63, 3.8) is 0 Å². The highest BCUT2D eigenvalue weighted by molar-refractivity contribution is 5.93. The molecule has 1 atom stereocenters. The molecule has 0 saturated heterocycles. The highest BCUT2D eigenvalue weighted by Gasteiger charge is 2.19. The Morgan fingerprint density at radius 2 is 1.63 bits per heavy atom. The van der Waals surface area contributed by atoms with Crippen LogP contribution in [0.15, 0.2) is 42.5 Å². The summed E-state index contributed by atoms with van der Waals surface area (Å²) in [4.78, 5) is 35.8. The molecule has 0 bridgehead atoms. The van der Waals surface area contributed by atoms with E-state index < -0.39 is 4.92 Å². The van der Waals surface area contributed by atoms with E-state index in [0.717, 1.165) is 4.90 Å². The standard InChI is InChI=1S/C20H22N4O6/c1-2-23(12-19(25)21-14-4-3-5-16(10-14)24(27)28)13-20(26)22-15-6-7-17-18(11-15)30-9-8-29-17/h3-7,10-11H,2,8-9,12-13H2,1H3,(H,21,25)(H,22,26)/p+1. The first kappa shape index (κ1) is 21.1. The molecular formula is C20H23N4O6+. The fraction of sp³-hybridized carbons (Fsp3) is 0.300. The summed E-state index contributed by atoms with van der Waals surface area (Å²) in [5.74, 6) is 0.638. The molecule has 2 aromatic carbocycles. The number of carbonyl (C=O) groups excluding carboxylic acids is 2. The smallest absolute Gasteiger partial charge is 0.279 e. The highest BCUT2D eigenvalue weighted by atomic mass is 16.6. The summed E-state index contributed by atoms with van der Waals surface area (Å²) in [6.07, 6.45) is 0. The Morgan fingerprint density at radius 3 is 2.27 bits per heavy atom.